The molecule has 1 spiro atoms. The summed E-state index contributed by atoms with van der Waals surface area (Å²) in [6.45, 7) is 4.43. The molecular formula is C17H21N3O4. The number of imide groups is 1. The maximum absolute atomic E-state index is 12.6. The summed E-state index contributed by atoms with van der Waals surface area (Å²) in [6.07, 6.45) is 0.875. The van der Waals surface area contributed by atoms with Gasteiger partial charge < -0.3 is 15.4 Å². The second kappa shape index (κ2) is 6.24. The fourth-order valence-corrected chi connectivity index (χ4v) is 3.17. The van der Waals surface area contributed by atoms with Gasteiger partial charge in [0.1, 0.15) is 12.1 Å². The van der Waals surface area contributed by atoms with Crippen LogP contribution in [0.15, 0.2) is 18.2 Å². The summed E-state index contributed by atoms with van der Waals surface area (Å²) in [5.41, 5.74) is 1.80. The number of hydrogen-bond donors (Lipinski definition) is 2. The molecule has 2 heterocycles. The molecule has 2 N–H and O–H groups in total. The second-order valence-corrected chi connectivity index (χ2v) is 6.38. The van der Waals surface area contributed by atoms with Crippen LogP contribution in [0.4, 0.5) is 10.5 Å². The summed E-state index contributed by atoms with van der Waals surface area (Å²) in [4.78, 5) is 38.0. The number of carbonyl (C=O) groups is 3. The van der Waals surface area contributed by atoms with Crippen LogP contribution in [0.2, 0.25) is 0 Å². The number of benzene rings is 1. The molecule has 0 radical (unpaired) electrons. The highest BCUT2D eigenvalue weighted by Crippen LogP contribution is 2.28. The summed E-state index contributed by atoms with van der Waals surface area (Å²) in [7, 11) is 0. The quantitative estimate of drug-likeness (QED) is 0.818. The number of hydrogen-bond acceptors (Lipinski definition) is 4. The van der Waals surface area contributed by atoms with E-state index >= 15 is 0 Å². The highest BCUT2D eigenvalue weighted by molar-refractivity contribution is 6.10. The summed E-state index contributed by atoms with van der Waals surface area (Å²) in [6, 6.07) is 5.15. The Labute approximate surface area is 140 Å². The highest BCUT2D eigenvalue weighted by atomic mass is 16.5. The molecule has 1 aromatic carbocycles. The average Bonchev–Trinajstić information content (AvgIpc) is 2.75. The third-order valence-electron chi connectivity index (χ3n) is 4.55. The first-order valence-electron chi connectivity index (χ1n) is 8.00. The number of carbonyl (C=O) groups excluding carboxylic acids is 3. The standard InChI is InChI=1S/C17H21N3O4/c1-11-3-4-13(12(2)9-11)18-14(21)10-20-15(22)17(19-16(20)23)5-7-24-8-6-17/h3-4,9H,5-8,10H2,1-2H3,(H,18,21)(H,19,23). The number of urea groups is 1. The Morgan fingerprint density at radius 1 is 1.29 bits per heavy atom. The lowest BCUT2D eigenvalue weighted by Gasteiger charge is -2.30. The van der Waals surface area contributed by atoms with Crippen LogP contribution in [0, 0.1) is 13.8 Å². The van der Waals surface area contributed by atoms with Gasteiger partial charge in [-0.15, -0.1) is 0 Å². The van der Waals surface area contributed by atoms with E-state index in [1.807, 2.05) is 32.0 Å². The Hall–Kier alpha value is -2.41. The summed E-state index contributed by atoms with van der Waals surface area (Å²) in [5, 5.41) is 5.49. The predicted molar refractivity (Wildman–Crippen MR) is 87.6 cm³/mol. The maximum Gasteiger partial charge on any atom is 0.325 e. The van der Waals surface area contributed by atoms with Gasteiger partial charge in [0, 0.05) is 31.7 Å². The molecule has 24 heavy (non-hydrogen) atoms. The van der Waals surface area contributed by atoms with Crippen molar-refractivity contribution in [1.82, 2.24) is 10.2 Å². The predicted octanol–water partition coefficient (Wildman–Crippen LogP) is 1.34. The van der Waals surface area contributed by atoms with Crippen LogP contribution >= 0.6 is 0 Å². The minimum Gasteiger partial charge on any atom is -0.381 e. The van der Waals surface area contributed by atoms with E-state index in [2.05, 4.69) is 10.6 Å². The van der Waals surface area contributed by atoms with Crippen molar-refractivity contribution in [1.29, 1.82) is 0 Å². The van der Waals surface area contributed by atoms with Gasteiger partial charge in [0.05, 0.1) is 0 Å². The number of amides is 4. The van der Waals surface area contributed by atoms with Crippen LogP contribution in [0.3, 0.4) is 0 Å². The van der Waals surface area contributed by atoms with Crippen LogP contribution in [0.25, 0.3) is 0 Å². The van der Waals surface area contributed by atoms with E-state index in [1.165, 1.54) is 0 Å². The van der Waals surface area contributed by atoms with Crippen molar-refractivity contribution in [3.63, 3.8) is 0 Å². The number of ether oxygens (including phenoxy) is 1. The zero-order valence-electron chi connectivity index (χ0n) is 13.8. The topological polar surface area (TPSA) is 87.7 Å². The Morgan fingerprint density at radius 2 is 2.00 bits per heavy atom. The van der Waals surface area contributed by atoms with Crippen molar-refractivity contribution >= 4 is 23.5 Å². The maximum atomic E-state index is 12.6. The molecule has 1 aromatic rings. The molecule has 7 nitrogen and oxygen atoms in total. The largest absolute Gasteiger partial charge is 0.381 e. The lowest BCUT2D eigenvalue weighted by Crippen LogP contribution is -2.51. The first kappa shape index (κ1) is 16.4. The minimum atomic E-state index is -0.907. The lowest BCUT2D eigenvalue weighted by atomic mass is 9.90. The molecule has 0 atom stereocenters. The molecule has 2 aliphatic rings. The second-order valence-electron chi connectivity index (χ2n) is 6.38. The van der Waals surface area contributed by atoms with Gasteiger partial charge >= 0.3 is 6.03 Å². The minimum absolute atomic E-state index is 0.291. The van der Waals surface area contributed by atoms with Gasteiger partial charge in [-0.25, -0.2) is 4.79 Å². The molecular weight excluding hydrogens is 310 g/mol. The molecule has 2 saturated heterocycles. The fourth-order valence-electron chi connectivity index (χ4n) is 3.17. The third kappa shape index (κ3) is 2.99. The molecule has 0 aliphatic carbocycles. The first-order valence-corrected chi connectivity index (χ1v) is 8.00. The number of aryl methyl sites for hydroxylation is 2. The molecule has 0 aromatic heterocycles. The zero-order chi connectivity index (χ0) is 17.3. The number of nitrogens with one attached hydrogen (secondary N) is 2. The van der Waals surface area contributed by atoms with E-state index < -0.39 is 17.5 Å². The van der Waals surface area contributed by atoms with Crippen molar-refractivity contribution in [3.05, 3.63) is 29.3 Å². The molecule has 0 unspecified atom stereocenters. The summed E-state index contributed by atoms with van der Waals surface area (Å²) in [5.74, 6) is -0.735. The van der Waals surface area contributed by atoms with E-state index in [9.17, 15) is 14.4 Å². The van der Waals surface area contributed by atoms with Gasteiger partial charge in [-0.3, -0.25) is 14.5 Å². The smallest absolute Gasteiger partial charge is 0.325 e. The van der Waals surface area contributed by atoms with Gasteiger partial charge in [-0.2, -0.15) is 0 Å². The van der Waals surface area contributed by atoms with Crippen LogP contribution < -0.4 is 10.6 Å². The molecule has 7 heteroatoms. The van der Waals surface area contributed by atoms with Gasteiger partial charge in [0.2, 0.25) is 5.91 Å². The van der Waals surface area contributed by atoms with Crippen LogP contribution in [-0.2, 0) is 14.3 Å². The number of rotatable bonds is 3. The van der Waals surface area contributed by atoms with Gasteiger partial charge in [-0.05, 0) is 25.5 Å². The zero-order valence-corrected chi connectivity index (χ0v) is 13.8. The first-order chi connectivity index (χ1) is 11.4. The van der Waals surface area contributed by atoms with E-state index in [-0.39, 0.29) is 12.5 Å². The van der Waals surface area contributed by atoms with Gasteiger partial charge in [0.25, 0.3) is 5.91 Å². The Bertz CT molecular complexity index is 695. The molecule has 128 valence electrons. The third-order valence-corrected chi connectivity index (χ3v) is 4.55. The van der Waals surface area contributed by atoms with Crippen molar-refractivity contribution in [3.8, 4) is 0 Å². The SMILES string of the molecule is Cc1ccc(NC(=O)CN2C(=O)NC3(CCOCC3)C2=O)c(C)c1. The van der Waals surface area contributed by atoms with Crippen molar-refractivity contribution < 1.29 is 19.1 Å². The number of nitrogens with zero attached hydrogens (tertiary/aromatic N) is 1. The summed E-state index contributed by atoms with van der Waals surface area (Å²) >= 11 is 0. The molecule has 0 saturated carbocycles. The van der Waals surface area contributed by atoms with Crippen molar-refractivity contribution in [2.24, 2.45) is 0 Å². The molecule has 0 bridgehead atoms. The van der Waals surface area contributed by atoms with Crippen molar-refractivity contribution in [2.45, 2.75) is 32.2 Å². The molecule has 3 rings (SSSR count). The van der Waals surface area contributed by atoms with E-state index in [0.29, 0.717) is 31.7 Å². The van der Waals surface area contributed by atoms with E-state index in [1.54, 1.807) is 0 Å². The normalized spacial score (nSPS) is 19.5. The van der Waals surface area contributed by atoms with E-state index in [0.717, 1.165) is 16.0 Å². The Morgan fingerprint density at radius 3 is 2.67 bits per heavy atom. The van der Waals surface area contributed by atoms with Crippen LogP contribution in [0.1, 0.15) is 24.0 Å². The van der Waals surface area contributed by atoms with E-state index in [4.69, 9.17) is 4.74 Å². The lowest BCUT2D eigenvalue weighted by molar-refractivity contribution is -0.136. The molecule has 2 fully saturated rings. The Kier molecular flexibility index (Phi) is 4.28. The monoisotopic (exact) mass is 331 g/mol. The van der Waals surface area contributed by atoms with Crippen LogP contribution in [0.5, 0.6) is 0 Å². The van der Waals surface area contributed by atoms with Gasteiger partial charge in [-0.1, -0.05) is 17.7 Å². The fraction of sp³-hybridized carbons (Fsp3) is 0.471. The van der Waals surface area contributed by atoms with Crippen molar-refractivity contribution in [2.75, 3.05) is 25.1 Å². The summed E-state index contributed by atoms with van der Waals surface area (Å²) < 4.78 is 5.26. The molecule has 2 aliphatic heterocycles. The highest BCUT2D eigenvalue weighted by Gasteiger charge is 2.52. The Balaban J connectivity index is 1.68. The van der Waals surface area contributed by atoms with Gasteiger partial charge in [0.15, 0.2) is 0 Å². The number of anilines is 1. The molecule has 4 amide bonds. The average molecular weight is 331 g/mol. The van der Waals surface area contributed by atoms with Crippen LogP contribution in [-0.4, -0.2) is 48.0 Å².